The number of alkyl halides is 1. The molecule has 1 amide bonds. The van der Waals surface area contributed by atoms with E-state index >= 15 is 0 Å². The molecule has 1 N–H and O–H groups in total. The summed E-state index contributed by atoms with van der Waals surface area (Å²) >= 11 is 3.15. The van der Waals surface area contributed by atoms with Gasteiger partial charge < -0.3 is 5.32 Å². The molecule has 0 fully saturated rings. The summed E-state index contributed by atoms with van der Waals surface area (Å²) in [5, 5.41) is 3.31. The molecule has 1 aromatic carbocycles. The Labute approximate surface area is 106 Å². The van der Waals surface area contributed by atoms with Gasteiger partial charge in [-0.2, -0.15) is 0 Å². The number of nitrogens with one attached hydrogen (secondary N) is 1. The van der Waals surface area contributed by atoms with E-state index < -0.39 is 0 Å². The summed E-state index contributed by atoms with van der Waals surface area (Å²) in [5.41, 5.74) is 4.96. The zero-order valence-electron chi connectivity index (χ0n) is 10.2. The molecule has 1 aromatic rings. The van der Waals surface area contributed by atoms with Crippen LogP contribution in [0.1, 0.15) is 35.2 Å². The molecule has 16 heavy (non-hydrogen) atoms. The Morgan fingerprint density at radius 3 is 2.25 bits per heavy atom. The number of halogens is 1. The number of benzene rings is 1. The molecule has 0 spiro atoms. The van der Waals surface area contributed by atoms with Gasteiger partial charge in [-0.15, -0.1) is 0 Å². The number of hydrogen-bond donors (Lipinski definition) is 1. The summed E-state index contributed by atoms with van der Waals surface area (Å²) in [6.45, 7) is 8.29. The smallest absolute Gasteiger partial charge is 0.231 e. The van der Waals surface area contributed by atoms with E-state index in [1.54, 1.807) is 0 Å². The van der Waals surface area contributed by atoms with Crippen molar-refractivity contribution in [1.82, 2.24) is 5.32 Å². The Kier molecular flexibility index (Phi) is 4.54. The van der Waals surface area contributed by atoms with Crippen LogP contribution < -0.4 is 5.32 Å². The van der Waals surface area contributed by atoms with E-state index in [4.69, 9.17) is 0 Å². The Bertz CT molecular complexity index is 378. The summed E-state index contributed by atoms with van der Waals surface area (Å²) in [6, 6.07) is 4.36. The molecule has 1 atom stereocenters. The molecular formula is C13H18BrNO. The topological polar surface area (TPSA) is 29.1 Å². The Balaban J connectivity index is 2.99. The molecule has 0 saturated carbocycles. The van der Waals surface area contributed by atoms with Gasteiger partial charge in [-0.3, -0.25) is 4.79 Å². The van der Waals surface area contributed by atoms with E-state index in [9.17, 15) is 4.79 Å². The van der Waals surface area contributed by atoms with Crippen molar-refractivity contribution in [1.29, 1.82) is 0 Å². The lowest BCUT2D eigenvalue weighted by molar-refractivity contribution is -0.119. The van der Waals surface area contributed by atoms with Crippen molar-refractivity contribution in [3.05, 3.63) is 34.4 Å². The largest absolute Gasteiger partial charge is 0.349 e. The second-order valence-corrected chi connectivity index (χ2v) is 4.80. The Morgan fingerprint density at radius 1 is 1.31 bits per heavy atom. The number of rotatable bonds is 3. The average molecular weight is 284 g/mol. The first-order valence-corrected chi connectivity index (χ1v) is 6.51. The van der Waals surface area contributed by atoms with Gasteiger partial charge in [-0.1, -0.05) is 33.6 Å². The normalized spacial score (nSPS) is 12.3. The second-order valence-electron chi connectivity index (χ2n) is 4.24. The third-order valence-corrected chi connectivity index (χ3v) is 3.18. The number of amides is 1. The molecule has 0 aromatic heterocycles. The van der Waals surface area contributed by atoms with Crippen LogP contribution in [0.25, 0.3) is 0 Å². The van der Waals surface area contributed by atoms with Gasteiger partial charge in [-0.25, -0.2) is 0 Å². The fourth-order valence-electron chi connectivity index (χ4n) is 2.23. The van der Waals surface area contributed by atoms with Crippen LogP contribution in [0.3, 0.4) is 0 Å². The molecule has 0 aliphatic carbocycles. The fourth-order valence-corrected chi connectivity index (χ4v) is 2.39. The third-order valence-electron chi connectivity index (χ3n) is 2.67. The van der Waals surface area contributed by atoms with E-state index in [2.05, 4.69) is 54.2 Å². The second kappa shape index (κ2) is 5.48. The molecule has 88 valence electrons. The van der Waals surface area contributed by atoms with E-state index in [0.717, 1.165) is 0 Å². The first-order valence-electron chi connectivity index (χ1n) is 5.38. The van der Waals surface area contributed by atoms with Crippen LogP contribution in [-0.2, 0) is 4.79 Å². The molecule has 0 saturated heterocycles. The predicted octanol–water partition coefficient (Wildman–Crippen LogP) is 3.18. The van der Waals surface area contributed by atoms with Crippen LogP contribution in [0.4, 0.5) is 0 Å². The third kappa shape index (κ3) is 3.08. The first-order chi connectivity index (χ1) is 7.45. The van der Waals surface area contributed by atoms with Crippen LogP contribution in [0.15, 0.2) is 12.1 Å². The number of hydrogen-bond acceptors (Lipinski definition) is 1. The highest BCUT2D eigenvalue weighted by molar-refractivity contribution is 9.09. The van der Waals surface area contributed by atoms with Gasteiger partial charge in [0.15, 0.2) is 0 Å². The van der Waals surface area contributed by atoms with Crippen molar-refractivity contribution in [2.24, 2.45) is 0 Å². The van der Waals surface area contributed by atoms with Gasteiger partial charge >= 0.3 is 0 Å². The first kappa shape index (κ1) is 13.2. The molecule has 0 aliphatic rings. The zero-order chi connectivity index (χ0) is 12.3. The molecule has 0 bridgehead atoms. The number of carbonyl (C=O) groups excluding carboxylic acids is 1. The van der Waals surface area contributed by atoms with Crippen LogP contribution >= 0.6 is 15.9 Å². The van der Waals surface area contributed by atoms with Gasteiger partial charge in [0.1, 0.15) is 0 Å². The molecule has 0 radical (unpaired) electrons. The molecule has 0 aliphatic heterocycles. The van der Waals surface area contributed by atoms with E-state index in [1.807, 2.05) is 6.92 Å². The Hall–Kier alpha value is -0.830. The summed E-state index contributed by atoms with van der Waals surface area (Å²) in [7, 11) is 0. The minimum Gasteiger partial charge on any atom is -0.349 e. The standard InChI is InChI=1S/C13H18BrNO/c1-8-5-9(2)13(10(3)6-8)11(4)15-12(16)7-14/h5-6,11H,7H2,1-4H3,(H,15,16). The molecule has 0 heterocycles. The average Bonchev–Trinajstić information content (AvgIpc) is 2.15. The van der Waals surface area contributed by atoms with Crippen molar-refractivity contribution < 1.29 is 4.79 Å². The van der Waals surface area contributed by atoms with Crippen molar-refractivity contribution in [2.45, 2.75) is 33.7 Å². The van der Waals surface area contributed by atoms with Gasteiger partial charge in [-0.05, 0) is 44.4 Å². The number of carbonyl (C=O) groups is 1. The monoisotopic (exact) mass is 283 g/mol. The summed E-state index contributed by atoms with van der Waals surface area (Å²) in [5.74, 6) is 0.0203. The Morgan fingerprint density at radius 2 is 1.81 bits per heavy atom. The van der Waals surface area contributed by atoms with Gasteiger partial charge in [0.05, 0.1) is 11.4 Å². The van der Waals surface area contributed by atoms with E-state index in [1.165, 1.54) is 22.3 Å². The van der Waals surface area contributed by atoms with Crippen molar-refractivity contribution >= 4 is 21.8 Å². The molecule has 2 nitrogen and oxygen atoms in total. The highest BCUT2D eigenvalue weighted by Crippen LogP contribution is 2.23. The summed E-state index contributed by atoms with van der Waals surface area (Å²) in [4.78, 5) is 11.3. The van der Waals surface area contributed by atoms with E-state index in [0.29, 0.717) is 5.33 Å². The van der Waals surface area contributed by atoms with Crippen LogP contribution in [-0.4, -0.2) is 11.2 Å². The van der Waals surface area contributed by atoms with Crippen LogP contribution in [0.5, 0.6) is 0 Å². The van der Waals surface area contributed by atoms with Gasteiger partial charge in [0.25, 0.3) is 0 Å². The molecule has 1 unspecified atom stereocenters. The highest BCUT2D eigenvalue weighted by atomic mass is 79.9. The van der Waals surface area contributed by atoms with Gasteiger partial charge in [0.2, 0.25) is 5.91 Å². The quantitative estimate of drug-likeness (QED) is 0.849. The fraction of sp³-hybridized carbons (Fsp3) is 0.462. The van der Waals surface area contributed by atoms with Crippen molar-refractivity contribution in [2.75, 3.05) is 5.33 Å². The van der Waals surface area contributed by atoms with Crippen LogP contribution in [0, 0.1) is 20.8 Å². The highest BCUT2D eigenvalue weighted by Gasteiger charge is 2.13. The SMILES string of the molecule is Cc1cc(C)c(C(C)NC(=O)CBr)c(C)c1. The summed E-state index contributed by atoms with van der Waals surface area (Å²) in [6.07, 6.45) is 0. The lowest BCUT2D eigenvalue weighted by Gasteiger charge is -2.19. The minimum atomic E-state index is 0.0203. The maximum atomic E-state index is 11.3. The maximum absolute atomic E-state index is 11.3. The maximum Gasteiger partial charge on any atom is 0.231 e. The zero-order valence-corrected chi connectivity index (χ0v) is 11.8. The lowest BCUT2D eigenvalue weighted by Crippen LogP contribution is -2.28. The van der Waals surface area contributed by atoms with Gasteiger partial charge in [0, 0.05) is 0 Å². The number of aryl methyl sites for hydroxylation is 3. The molecular weight excluding hydrogens is 266 g/mol. The van der Waals surface area contributed by atoms with E-state index in [-0.39, 0.29) is 11.9 Å². The predicted molar refractivity (Wildman–Crippen MR) is 71.0 cm³/mol. The molecule has 1 rings (SSSR count). The lowest BCUT2D eigenvalue weighted by atomic mass is 9.95. The van der Waals surface area contributed by atoms with Crippen molar-refractivity contribution in [3.63, 3.8) is 0 Å². The molecule has 3 heteroatoms. The van der Waals surface area contributed by atoms with Crippen LogP contribution in [0.2, 0.25) is 0 Å². The summed E-state index contributed by atoms with van der Waals surface area (Å²) < 4.78 is 0. The minimum absolute atomic E-state index is 0.0203. The van der Waals surface area contributed by atoms with Crippen molar-refractivity contribution in [3.8, 4) is 0 Å².